The molecule has 0 bridgehead atoms. The van der Waals surface area contributed by atoms with E-state index in [9.17, 15) is 23.1 Å². The van der Waals surface area contributed by atoms with Crippen LogP contribution in [0.15, 0.2) is 89.8 Å². The number of hydrogen-bond acceptors (Lipinski definition) is 6. The number of carbonyl (C=O) groups excluding carboxylic acids is 2. The molecule has 3 aromatic rings. The van der Waals surface area contributed by atoms with Crippen molar-refractivity contribution in [1.29, 1.82) is 0 Å². The first-order valence-electron chi connectivity index (χ1n) is 11.9. The number of nitrogens with one attached hydrogen (secondary N) is 1. The van der Waals surface area contributed by atoms with E-state index in [0.717, 1.165) is 5.56 Å². The fourth-order valence-corrected chi connectivity index (χ4v) is 6.20. The van der Waals surface area contributed by atoms with Crippen molar-refractivity contribution in [3.63, 3.8) is 0 Å². The average molecular weight is 507 g/mol. The third kappa shape index (κ3) is 4.36. The van der Waals surface area contributed by atoms with Crippen LogP contribution in [0.5, 0.6) is 0 Å². The highest BCUT2D eigenvalue weighted by Crippen LogP contribution is 2.45. The summed E-state index contributed by atoms with van der Waals surface area (Å²) in [5.41, 5.74) is -1.05. The van der Waals surface area contributed by atoms with Gasteiger partial charge in [0.2, 0.25) is 0 Å². The lowest BCUT2D eigenvalue weighted by Crippen LogP contribution is -2.57. The van der Waals surface area contributed by atoms with E-state index in [-0.39, 0.29) is 22.1 Å². The molecule has 8 heteroatoms. The summed E-state index contributed by atoms with van der Waals surface area (Å²) in [5, 5.41) is 15.5. The number of hydrogen-bond donors (Lipinski definition) is 2. The van der Waals surface area contributed by atoms with Crippen molar-refractivity contribution in [2.24, 2.45) is 5.92 Å². The van der Waals surface area contributed by atoms with E-state index < -0.39 is 39.4 Å². The van der Waals surface area contributed by atoms with Gasteiger partial charge in [0, 0.05) is 17.2 Å². The first-order valence-corrected chi connectivity index (χ1v) is 13.4. The SMILES string of the molecule is CCC(C)NC1C(C(=O)c2ccccc2)C(=O)N(S(=O)(=O)c2ccc(C)cc2)C1(O)c1ccccc1. The molecule has 0 aliphatic carbocycles. The van der Waals surface area contributed by atoms with Gasteiger partial charge in [-0.15, -0.1) is 0 Å². The molecular weight excluding hydrogens is 476 g/mol. The normalized spacial score (nSPS) is 23.0. The number of ketones is 1. The minimum absolute atomic E-state index is 0.147. The fraction of sp³-hybridized carbons (Fsp3) is 0.286. The number of benzene rings is 3. The number of carbonyl (C=O) groups is 2. The van der Waals surface area contributed by atoms with Crippen LogP contribution in [0, 0.1) is 12.8 Å². The first-order chi connectivity index (χ1) is 17.1. The van der Waals surface area contributed by atoms with E-state index in [0.29, 0.717) is 10.7 Å². The van der Waals surface area contributed by atoms with Gasteiger partial charge >= 0.3 is 0 Å². The Labute approximate surface area is 211 Å². The Hall–Kier alpha value is -3.33. The topological polar surface area (TPSA) is 104 Å². The molecule has 1 saturated heterocycles. The van der Waals surface area contributed by atoms with Crippen LogP contribution in [-0.2, 0) is 20.5 Å². The average Bonchev–Trinajstić information content (AvgIpc) is 3.11. The van der Waals surface area contributed by atoms with Crippen LogP contribution in [0.2, 0.25) is 0 Å². The zero-order valence-corrected chi connectivity index (χ0v) is 21.3. The Morgan fingerprint density at radius 2 is 1.56 bits per heavy atom. The highest BCUT2D eigenvalue weighted by molar-refractivity contribution is 7.89. The Kier molecular flexibility index (Phi) is 7.13. The second-order valence-corrected chi connectivity index (χ2v) is 11.0. The van der Waals surface area contributed by atoms with Crippen LogP contribution in [0.3, 0.4) is 0 Å². The van der Waals surface area contributed by atoms with E-state index in [1.807, 2.05) is 20.8 Å². The first kappa shape index (κ1) is 25.8. The van der Waals surface area contributed by atoms with Gasteiger partial charge < -0.3 is 10.4 Å². The van der Waals surface area contributed by atoms with Crippen molar-refractivity contribution in [1.82, 2.24) is 9.62 Å². The number of rotatable bonds is 8. The Balaban J connectivity index is 1.97. The molecule has 2 N–H and O–H groups in total. The summed E-state index contributed by atoms with van der Waals surface area (Å²) in [7, 11) is -4.54. The Morgan fingerprint density at radius 3 is 2.11 bits per heavy atom. The molecule has 4 atom stereocenters. The molecule has 1 fully saturated rings. The van der Waals surface area contributed by atoms with Crippen molar-refractivity contribution in [2.45, 2.75) is 49.9 Å². The molecule has 0 aromatic heterocycles. The minimum Gasteiger partial charge on any atom is -0.365 e. The molecule has 3 aromatic carbocycles. The Bertz CT molecular complexity index is 1340. The molecule has 188 valence electrons. The van der Waals surface area contributed by atoms with Gasteiger partial charge in [0.15, 0.2) is 11.5 Å². The van der Waals surface area contributed by atoms with Gasteiger partial charge in [0.05, 0.1) is 10.9 Å². The third-order valence-electron chi connectivity index (χ3n) is 6.72. The van der Waals surface area contributed by atoms with E-state index >= 15 is 0 Å². The summed E-state index contributed by atoms with van der Waals surface area (Å²) < 4.78 is 28.4. The third-order valence-corrected chi connectivity index (χ3v) is 8.52. The van der Waals surface area contributed by atoms with Gasteiger partial charge in [-0.05, 0) is 32.4 Å². The van der Waals surface area contributed by atoms with Gasteiger partial charge in [0.25, 0.3) is 15.9 Å². The van der Waals surface area contributed by atoms with Gasteiger partial charge in [-0.2, -0.15) is 4.31 Å². The summed E-state index contributed by atoms with van der Waals surface area (Å²) in [6.45, 7) is 5.60. The molecule has 0 radical (unpaired) electrons. The van der Waals surface area contributed by atoms with E-state index in [4.69, 9.17) is 0 Å². The van der Waals surface area contributed by atoms with Crippen molar-refractivity contribution in [3.05, 3.63) is 102 Å². The van der Waals surface area contributed by atoms with E-state index in [1.165, 1.54) is 12.1 Å². The number of nitrogens with zero attached hydrogens (tertiary/aromatic N) is 1. The smallest absolute Gasteiger partial charge is 0.269 e. The minimum atomic E-state index is -4.54. The van der Waals surface area contributed by atoms with Crippen LogP contribution in [0.4, 0.5) is 0 Å². The maximum absolute atomic E-state index is 14.0. The highest BCUT2D eigenvalue weighted by Gasteiger charge is 2.65. The molecule has 7 nitrogen and oxygen atoms in total. The van der Waals surface area contributed by atoms with Crippen LogP contribution >= 0.6 is 0 Å². The lowest BCUT2D eigenvalue weighted by Gasteiger charge is -2.38. The quantitative estimate of drug-likeness (QED) is 0.357. The predicted molar refractivity (Wildman–Crippen MR) is 136 cm³/mol. The summed E-state index contributed by atoms with van der Waals surface area (Å²) in [6, 6.07) is 21.0. The maximum Gasteiger partial charge on any atom is 0.269 e. The monoisotopic (exact) mass is 506 g/mol. The number of sulfonamides is 1. The molecule has 0 saturated carbocycles. The number of amides is 1. The van der Waals surface area contributed by atoms with Crippen molar-refractivity contribution in [3.8, 4) is 0 Å². The molecular formula is C28H30N2O5S. The largest absolute Gasteiger partial charge is 0.365 e. The van der Waals surface area contributed by atoms with Crippen LogP contribution in [-0.4, -0.2) is 41.6 Å². The summed E-state index contributed by atoms with van der Waals surface area (Å²) >= 11 is 0. The number of aryl methyl sites for hydroxylation is 1. The van der Waals surface area contributed by atoms with Gasteiger partial charge in [0.1, 0.15) is 5.92 Å². The lowest BCUT2D eigenvalue weighted by molar-refractivity contribution is -0.135. The Morgan fingerprint density at radius 1 is 1.00 bits per heavy atom. The predicted octanol–water partition coefficient (Wildman–Crippen LogP) is 3.63. The van der Waals surface area contributed by atoms with Crippen LogP contribution < -0.4 is 5.32 Å². The molecule has 4 rings (SSSR count). The molecule has 1 heterocycles. The number of Topliss-reactive ketones (excluding diaryl/α,β-unsaturated/α-hetero) is 1. The zero-order chi connectivity index (χ0) is 26.1. The molecule has 4 unspecified atom stereocenters. The van der Waals surface area contributed by atoms with Crippen LogP contribution in [0.25, 0.3) is 0 Å². The zero-order valence-electron chi connectivity index (χ0n) is 20.5. The van der Waals surface area contributed by atoms with Crippen molar-refractivity contribution < 1.29 is 23.1 Å². The van der Waals surface area contributed by atoms with E-state index in [2.05, 4.69) is 5.32 Å². The molecule has 1 aliphatic heterocycles. The lowest BCUT2D eigenvalue weighted by atomic mass is 9.85. The van der Waals surface area contributed by atoms with Crippen molar-refractivity contribution >= 4 is 21.7 Å². The van der Waals surface area contributed by atoms with Crippen LogP contribution in [0.1, 0.15) is 41.8 Å². The second kappa shape index (κ2) is 9.97. The van der Waals surface area contributed by atoms with Gasteiger partial charge in [-0.25, -0.2) is 8.42 Å². The van der Waals surface area contributed by atoms with Gasteiger partial charge in [-0.1, -0.05) is 85.3 Å². The fourth-order valence-electron chi connectivity index (χ4n) is 4.58. The highest BCUT2D eigenvalue weighted by atomic mass is 32.2. The summed E-state index contributed by atoms with van der Waals surface area (Å²) in [5.74, 6) is -3.00. The van der Waals surface area contributed by atoms with Crippen molar-refractivity contribution in [2.75, 3.05) is 0 Å². The maximum atomic E-state index is 14.0. The second-order valence-electron chi connectivity index (χ2n) is 9.17. The summed E-state index contributed by atoms with van der Waals surface area (Å²) in [6.07, 6.45) is 0.631. The molecule has 0 spiro atoms. The molecule has 1 aliphatic rings. The van der Waals surface area contributed by atoms with E-state index in [1.54, 1.807) is 72.8 Å². The summed E-state index contributed by atoms with van der Waals surface area (Å²) in [4.78, 5) is 27.6. The molecule has 36 heavy (non-hydrogen) atoms. The van der Waals surface area contributed by atoms with Gasteiger partial charge in [-0.3, -0.25) is 9.59 Å². The molecule has 1 amide bonds. The number of aliphatic hydroxyl groups is 1. The standard InChI is InChI=1S/C28H30N2O5S/c1-4-20(3)29-26-24(25(31)21-11-7-5-8-12-21)27(32)30(28(26,33)22-13-9-6-10-14-22)36(34,35)23-17-15-19(2)16-18-23/h5-18,20,24,26,29,33H,4H2,1-3H3.